The number of carbonyl (C=O) groups is 3. The van der Waals surface area contributed by atoms with Gasteiger partial charge in [-0.15, -0.1) is 11.3 Å². The number of hydrogen-bond donors (Lipinski definition) is 1. The molecule has 0 aliphatic carbocycles. The number of hydrogen-bond acceptors (Lipinski definition) is 5. The summed E-state index contributed by atoms with van der Waals surface area (Å²) in [5.41, 5.74) is 0.784. The molecule has 7 heteroatoms. The molecular formula is C20H23N3O3S. The van der Waals surface area contributed by atoms with Gasteiger partial charge in [-0.3, -0.25) is 19.3 Å². The minimum Gasteiger partial charge on any atom is -0.340 e. The lowest BCUT2D eigenvalue weighted by Crippen LogP contribution is -2.50. The third-order valence-electron chi connectivity index (χ3n) is 4.51. The van der Waals surface area contributed by atoms with Crippen LogP contribution < -0.4 is 5.32 Å². The fourth-order valence-corrected chi connectivity index (χ4v) is 3.71. The van der Waals surface area contributed by atoms with Gasteiger partial charge in [0.2, 0.25) is 11.8 Å². The van der Waals surface area contributed by atoms with Crippen molar-refractivity contribution in [3.63, 3.8) is 0 Å². The SMILES string of the molecule is O=C(CN1CCN(C(=O)CCC(=O)c2cccs2)CC1)Nc1ccccc1. The summed E-state index contributed by atoms with van der Waals surface area (Å²) in [6, 6.07) is 13.0. The molecule has 1 aromatic heterocycles. The Morgan fingerprint density at radius 1 is 0.926 bits per heavy atom. The second-order valence-electron chi connectivity index (χ2n) is 6.47. The number of anilines is 1. The van der Waals surface area contributed by atoms with E-state index < -0.39 is 0 Å². The Labute approximate surface area is 162 Å². The quantitative estimate of drug-likeness (QED) is 0.744. The van der Waals surface area contributed by atoms with E-state index in [2.05, 4.69) is 5.32 Å². The third kappa shape index (κ3) is 5.74. The number of benzene rings is 1. The second-order valence-corrected chi connectivity index (χ2v) is 7.42. The Bertz CT molecular complexity index is 769. The van der Waals surface area contributed by atoms with Crippen molar-refractivity contribution in [3.8, 4) is 0 Å². The van der Waals surface area contributed by atoms with Crippen LogP contribution in [-0.2, 0) is 9.59 Å². The summed E-state index contributed by atoms with van der Waals surface area (Å²) in [6.45, 7) is 2.81. The van der Waals surface area contributed by atoms with Gasteiger partial charge >= 0.3 is 0 Å². The Kier molecular flexibility index (Phi) is 6.73. The molecule has 6 nitrogen and oxygen atoms in total. The minimum absolute atomic E-state index is 0.00768. The van der Waals surface area contributed by atoms with Crippen LogP contribution >= 0.6 is 11.3 Å². The number of ketones is 1. The van der Waals surface area contributed by atoms with Crippen molar-refractivity contribution in [2.45, 2.75) is 12.8 Å². The molecule has 1 aliphatic rings. The monoisotopic (exact) mass is 385 g/mol. The number of nitrogens with one attached hydrogen (secondary N) is 1. The molecule has 0 radical (unpaired) electrons. The van der Waals surface area contributed by atoms with Crippen LogP contribution in [0, 0.1) is 0 Å². The maximum Gasteiger partial charge on any atom is 0.238 e. The number of rotatable bonds is 7. The zero-order valence-electron chi connectivity index (χ0n) is 15.1. The summed E-state index contributed by atoms with van der Waals surface area (Å²) in [4.78, 5) is 41.0. The first kappa shape index (κ1) is 19.3. The maximum absolute atomic E-state index is 12.3. The highest BCUT2D eigenvalue weighted by Gasteiger charge is 2.23. The molecule has 0 atom stereocenters. The van der Waals surface area contributed by atoms with Crippen molar-refractivity contribution in [1.82, 2.24) is 9.80 Å². The van der Waals surface area contributed by atoms with Gasteiger partial charge in [0.1, 0.15) is 0 Å². The number of Topliss-reactive ketones (excluding diaryl/α,β-unsaturated/α-hetero) is 1. The second kappa shape index (κ2) is 9.43. The summed E-state index contributed by atoms with van der Waals surface area (Å²) in [7, 11) is 0. The highest BCUT2D eigenvalue weighted by atomic mass is 32.1. The summed E-state index contributed by atoms with van der Waals surface area (Å²) >= 11 is 1.41. The van der Waals surface area contributed by atoms with Crippen molar-refractivity contribution in [1.29, 1.82) is 0 Å². The van der Waals surface area contributed by atoms with E-state index in [4.69, 9.17) is 0 Å². The lowest BCUT2D eigenvalue weighted by atomic mass is 10.1. The van der Waals surface area contributed by atoms with Crippen LogP contribution in [-0.4, -0.2) is 60.1 Å². The zero-order valence-corrected chi connectivity index (χ0v) is 15.9. The van der Waals surface area contributed by atoms with Crippen molar-refractivity contribution in [2.24, 2.45) is 0 Å². The first-order valence-electron chi connectivity index (χ1n) is 9.03. The average molecular weight is 385 g/mol. The summed E-state index contributed by atoms with van der Waals surface area (Å²) in [5, 5.41) is 4.73. The van der Waals surface area contributed by atoms with Gasteiger partial charge in [0.15, 0.2) is 5.78 Å². The third-order valence-corrected chi connectivity index (χ3v) is 5.42. The molecule has 0 saturated carbocycles. The van der Waals surface area contributed by atoms with Crippen LogP contribution in [0.15, 0.2) is 47.8 Å². The molecule has 3 rings (SSSR count). The smallest absolute Gasteiger partial charge is 0.238 e. The van der Waals surface area contributed by atoms with E-state index in [1.54, 1.807) is 11.0 Å². The zero-order chi connectivity index (χ0) is 19.1. The van der Waals surface area contributed by atoms with E-state index in [9.17, 15) is 14.4 Å². The lowest BCUT2D eigenvalue weighted by molar-refractivity contribution is -0.133. The standard InChI is InChI=1S/C20H23N3O3S/c24-17(18-7-4-14-27-18)8-9-20(26)23-12-10-22(11-13-23)15-19(25)21-16-5-2-1-3-6-16/h1-7,14H,8-13,15H2,(H,21,25). The van der Waals surface area contributed by atoms with Gasteiger partial charge in [-0.1, -0.05) is 24.3 Å². The van der Waals surface area contributed by atoms with Crippen LogP contribution in [0.1, 0.15) is 22.5 Å². The van der Waals surface area contributed by atoms with E-state index in [0.29, 0.717) is 37.6 Å². The van der Waals surface area contributed by atoms with Crippen LogP contribution in [0.3, 0.4) is 0 Å². The number of nitrogens with zero attached hydrogens (tertiary/aromatic N) is 2. The van der Waals surface area contributed by atoms with E-state index in [1.807, 2.05) is 46.7 Å². The van der Waals surface area contributed by atoms with Gasteiger partial charge in [-0.2, -0.15) is 0 Å². The molecule has 1 aliphatic heterocycles. The topological polar surface area (TPSA) is 69.7 Å². The van der Waals surface area contributed by atoms with Crippen LogP contribution in [0.25, 0.3) is 0 Å². The predicted molar refractivity (Wildman–Crippen MR) is 106 cm³/mol. The van der Waals surface area contributed by atoms with Crippen molar-refractivity contribution in [3.05, 3.63) is 52.7 Å². The van der Waals surface area contributed by atoms with Gasteiger partial charge < -0.3 is 10.2 Å². The summed E-state index contributed by atoms with van der Waals surface area (Å²) in [6.07, 6.45) is 0.490. The van der Waals surface area contributed by atoms with Crippen molar-refractivity contribution < 1.29 is 14.4 Å². The molecule has 0 spiro atoms. The first-order valence-corrected chi connectivity index (χ1v) is 9.91. The molecule has 1 N–H and O–H groups in total. The molecule has 0 bridgehead atoms. The number of para-hydroxylation sites is 1. The number of piperazine rings is 1. The van der Waals surface area contributed by atoms with Gasteiger partial charge in [0, 0.05) is 44.7 Å². The molecule has 0 unspecified atom stereocenters. The normalized spacial score (nSPS) is 14.7. The first-order chi connectivity index (χ1) is 13.1. The van der Waals surface area contributed by atoms with Gasteiger partial charge in [-0.25, -0.2) is 0 Å². The van der Waals surface area contributed by atoms with Gasteiger partial charge in [0.25, 0.3) is 0 Å². The molecule has 1 saturated heterocycles. The highest BCUT2D eigenvalue weighted by molar-refractivity contribution is 7.12. The molecule has 2 heterocycles. The van der Waals surface area contributed by atoms with Gasteiger partial charge in [0.05, 0.1) is 11.4 Å². The minimum atomic E-state index is -0.0532. The summed E-state index contributed by atoms with van der Waals surface area (Å²) < 4.78 is 0. The highest BCUT2D eigenvalue weighted by Crippen LogP contribution is 2.13. The Morgan fingerprint density at radius 3 is 2.33 bits per heavy atom. The molecule has 2 aromatic rings. The number of carbonyl (C=O) groups excluding carboxylic acids is 3. The lowest BCUT2D eigenvalue weighted by Gasteiger charge is -2.34. The molecule has 1 aromatic carbocycles. The Balaban J connectivity index is 1.37. The fourth-order valence-electron chi connectivity index (χ4n) is 3.02. The average Bonchev–Trinajstić information content (AvgIpc) is 3.22. The Morgan fingerprint density at radius 2 is 1.67 bits per heavy atom. The van der Waals surface area contributed by atoms with E-state index in [1.165, 1.54) is 11.3 Å². The van der Waals surface area contributed by atoms with Crippen LogP contribution in [0.5, 0.6) is 0 Å². The largest absolute Gasteiger partial charge is 0.340 e. The Hall–Kier alpha value is -2.51. The molecule has 2 amide bonds. The van der Waals surface area contributed by atoms with Crippen molar-refractivity contribution in [2.75, 3.05) is 38.0 Å². The van der Waals surface area contributed by atoms with Gasteiger partial charge in [-0.05, 0) is 23.6 Å². The molecule has 1 fully saturated rings. The van der Waals surface area contributed by atoms with Crippen LogP contribution in [0.4, 0.5) is 5.69 Å². The number of amides is 2. The summed E-state index contributed by atoms with van der Waals surface area (Å²) in [5.74, 6) is -0.0228. The maximum atomic E-state index is 12.3. The van der Waals surface area contributed by atoms with E-state index in [0.717, 1.165) is 5.69 Å². The number of thiophene rings is 1. The van der Waals surface area contributed by atoms with E-state index >= 15 is 0 Å². The van der Waals surface area contributed by atoms with Crippen molar-refractivity contribution >= 4 is 34.6 Å². The molecule has 142 valence electrons. The fraction of sp³-hybridized carbons (Fsp3) is 0.350. The predicted octanol–water partition coefficient (Wildman–Crippen LogP) is 2.49. The van der Waals surface area contributed by atoms with E-state index in [-0.39, 0.29) is 30.4 Å². The molecular weight excluding hydrogens is 362 g/mol. The molecule has 27 heavy (non-hydrogen) atoms. The van der Waals surface area contributed by atoms with Crippen LogP contribution in [0.2, 0.25) is 0 Å².